The van der Waals surface area contributed by atoms with E-state index in [-0.39, 0.29) is 44.2 Å². The van der Waals surface area contributed by atoms with Crippen LogP contribution in [0.1, 0.15) is 42.0 Å². The summed E-state index contributed by atoms with van der Waals surface area (Å²) in [6, 6.07) is 1.02. The molecule has 12 heteroatoms. The van der Waals surface area contributed by atoms with Crippen molar-refractivity contribution in [2.45, 2.75) is 58.3 Å². The number of aromatic nitrogens is 4. The molecule has 0 unspecified atom stereocenters. The van der Waals surface area contributed by atoms with Gasteiger partial charge in [0.1, 0.15) is 0 Å². The Kier molecular flexibility index (Phi) is 5.13. The van der Waals surface area contributed by atoms with Crippen molar-refractivity contribution in [1.82, 2.24) is 19.7 Å². The van der Waals surface area contributed by atoms with E-state index in [4.69, 9.17) is 0 Å². The molecule has 2 aliphatic rings. The number of aryl methyl sites for hydroxylation is 2. The van der Waals surface area contributed by atoms with Crippen molar-refractivity contribution >= 4 is 17.5 Å². The fraction of sp³-hybridized carbons (Fsp3) is 0.579. The number of amides is 1. The van der Waals surface area contributed by atoms with Crippen molar-refractivity contribution in [1.29, 1.82) is 0 Å². The van der Waals surface area contributed by atoms with Gasteiger partial charge in [-0.3, -0.25) is 9.48 Å². The molecule has 1 N–H and O–H groups in total. The van der Waals surface area contributed by atoms with Crippen LogP contribution in [0.5, 0.6) is 0 Å². The number of carbonyl (C=O) groups excluding carboxylic acids is 1. The average molecular weight is 444 g/mol. The number of rotatable bonds is 4. The fourth-order valence-electron chi connectivity index (χ4n) is 3.98. The highest BCUT2D eigenvalue weighted by Crippen LogP contribution is 2.44. The number of hydrogen-bond acceptors (Lipinski definition) is 5. The van der Waals surface area contributed by atoms with Crippen LogP contribution in [-0.4, -0.2) is 38.1 Å². The Morgan fingerprint density at radius 3 is 2.42 bits per heavy atom. The van der Waals surface area contributed by atoms with Crippen LogP contribution in [0.4, 0.5) is 33.6 Å². The monoisotopic (exact) mass is 444 g/mol. The van der Waals surface area contributed by atoms with E-state index in [2.05, 4.69) is 20.4 Å². The largest absolute Gasteiger partial charge is 0.435 e. The van der Waals surface area contributed by atoms with E-state index in [0.29, 0.717) is 35.3 Å². The zero-order valence-corrected chi connectivity index (χ0v) is 16.9. The predicted octanol–water partition coefficient (Wildman–Crippen LogP) is 3.70. The van der Waals surface area contributed by atoms with E-state index in [1.54, 1.807) is 18.7 Å². The summed E-state index contributed by atoms with van der Waals surface area (Å²) in [5, 5.41) is 6.31. The minimum Gasteiger partial charge on any atom is -0.333 e. The van der Waals surface area contributed by atoms with Gasteiger partial charge in [0, 0.05) is 25.8 Å². The quantitative estimate of drug-likeness (QED) is 0.728. The van der Waals surface area contributed by atoms with Crippen molar-refractivity contribution in [3.8, 4) is 0 Å². The van der Waals surface area contributed by atoms with Gasteiger partial charge in [-0.2, -0.15) is 18.3 Å². The van der Waals surface area contributed by atoms with Crippen molar-refractivity contribution in [2.24, 2.45) is 5.92 Å². The van der Waals surface area contributed by atoms with Crippen molar-refractivity contribution in [2.75, 3.05) is 16.8 Å². The number of fused-ring (bicyclic) bond motifs is 1. The van der Waals surface area contributed by atoms with Gasteiger partial charge in [-0.1, -0.05) is 0 Å². The van der Waals surface area contributed by atoms with Crippen molar-refractivity contribution in [3.63, 3.8) is 0 Å². The number of carbonyl (C=O) groups is 1. The van der Waals surface area contributed by atoms with E-state index in [1.165, 1.54) is 4.68 Å². The number of nitrogens with zero attached hydrogens (tertiary/aromatic N) is 5. The highest BCUT2D eigenvalue weighted by molar-refractivity contribution is 5.92. The lowest BCUT2D eigenvalue weighted by Crippen LogP contribution is -2.37. The Hall–Kier alpha value is -2.79. The maximum absolute atomic E-state index is 12.9. The Bertz CT molecular complexity index is 987. The maximum atomic E-state index is 12.9. The molecule has 7 nitrogen and oxygen atoms in total. The number of alkyl halides is 5. The molecule has 1 aliphatic carbocycles. The molecule has 1 fully saturated rings. The standard InChI is InChI=1S/C19H21F5N6O/c1-10-16(27-15(31)5-12-7-18(20,21)8-12)11(2)26-17(25-10)29-3-4-30-13(9-29)6-14(28-30)19(22,23)24/h6,12H,3-5,7-9H2,1-2H3,(H,27,31). The third kappa shape index (κ3) is 4.47. The summed E-state index contributed by atoms with van der Waals surface area (Å²) in [6.45, 7) is 4.18. The van der Waals surface area contributed by atoms with Crippen LogP contribution in [0.3, 0.4) is 0 Å². The van der Waals surface area contributed by atoms with E-state index < -0.39 is 17.8 Å². The summed E-state index contributed by atoms with van der Waals surface area (Å²) in [4.78, 5) is 22.8. The van der Waals surface area contributed by atoms with Crippen LogP contribution in [0, 0.1) is 19.8 Å². The van der Waals surface area contributed by atoms with Crippen LogP contribution in [0.25, 0.3) is 0 Å². The highest BCUT2D eigenvalue weighted by Gasteiger charge is 2.45. The summed E-state index contributed by atoms with van der Waals surface area (Å²) in [6.07, 6.45) is -5.06. The first-order chi connectivity index (χ1) is 14.4. The lowest BCUT2D eigenvalue weighted by atomic mass is 9.79. The molecule has 0 atom stereocenters. The molecule has 168 valence electrons. The van der Waals surface area contributed by atoms with E-state index >= 15 is 0 Å². The fourth-order valence-corrected chi connectivity index (χ4v) is 3.98. The van der Waals surface area contributed by atoms with Crippen molar-refractivity contribution < 1.29 is 26.7 Å². The van der Waals surface area contributed by atoms with E-state index in [1.807, 2.05) is 0 Å². The molecule has 0 spiro atoms. The summed E-state index contributed by atoms with van der Waals surface area (Å²) >= 11 is 0. The molecule has 3 heterocycles. The molecule has 2 aromatic heterocycles. The van der Waals surface area contributed by atoms with Crippen LogP contribution in [0.15, 0.2) is 6.07 Å². The van der Waals surface area contributed by atoms with Crippen LogP contribution in [0.2, 0.25) is 0 Å². The molecule has 1 amide bonds. The van der Waals surface area contributed by atoms with E-state index in [0.717, 1.165) is 6.07 Å². The summed E-state index contributed by atoms with van der Waals surface area (Å²) in [5.74, 6) is -3.04. The number of nitrogens with one attached hydrogen (secondary N) is 1. The minimum absolute atomic E-state index is 0.00781. The van der Waals surface area contributed by atoms with Gasteiger partial charge in [-0.25, -0.2) is 18.7 Å². The lowest BCUT2D eigenvalue weighted by Gasteiger charge is -2.34. The summed E-state index contributed by atoms with van der Waals surface area (Å²) in [7, 11) is 0. The normalized spacial score (nSPS) is 18.5. The topological polar surface area (TPSA) is 75.9 Å². The Morgan fingerprint density at radius 2 is 1.84 bits per heavy atom. The van der Waals surface area contributed by atoms with E-state index in [9.17, 15) is 26.7 Å². The van der Waals surface area contributed by atoms with Crippen LogP contribution in [-0.2, 0) is 24.1 Å². The number of hydrogen-bond donors (Lipinski definition) is 1. The highest BCUT2D eigenvalue weighted by atomic mass is 19.4. The molecular weight excluding hydrogens is 423 g/mol. The van der Waals surface area contributed by atoms with Gasteiger partial charge in [-0.15, -0.1) is 0 Å². The number of anilines is 2. The third-order valence-corrected chi connectivity index (χ3v) is 5.54. The average Bonchev–Trinajstić information content (AvgIpc) is 3.06. The second-order valence-electron chi connectivity index (χ2n) is 8.12. The van der Waals surface area contributed by atoms with Crippen LogP contribution >= 0.6 is 0 Å². The van der Waals surface area contributed by atoms with Crippen molar-refractivity contribution in [3.05, 3.63) is 28.8 Å². The molecule has 31 heavy (non-hydrogen) atoms. The first-order valence-corrected chi connectivity index (χ1v) is 9.83. The molecule has 0 radical (unpaired) electrons. The minimum atomic E-state index is -4.51. The zero-order valence-electron chi connectivity index (χ0n) is 16.9. The third-order valence-electron chi connectivity index (χ3n) is 5.54. The predicted molar refractivity (Wildman–Crippen MR) is 101 cm³/mol. The smallest absolute Gasteiger partial charge is 0.333 e. The maximum Gasteiger partial charge on any atom is 0.435 e. The second kappa shape index (κ2) is 7.41. The summed E-state index contributed by atoms with van der Waals surface area (Å²) < 4.78 is 66.0. The molecule has 1 aliphatic heterocycles. The SMILES string of the molecule is Cc1nc(N2CCn3nc(C(F)(F)F)cc3C2)nc(C)c1NC(=O)CC1CC(F)(F)C1. The lowest BCUT2D eigenvalue weighted by molar-refractivity contribution is -0.141. The van der Waals surface area contributed by atoms with Gasteiger partial charge in [0.2, 0.25) is 17.8 Å². The summed E-state index contributed by atoms with van der Waals surface area (Å²) in [5.41, 5.74) is 0.878. The number of halogens is 5. The second-order valence-corrected chi connectivity index (χ2v) is 8.12. The molecule has 0 bridgehead atoms. The van der Waals surface area contributed by atoms with Gasteiger partial charge >= 0.3 is 6.18 Å². The molecular formula is C19H21F5N6O. The molecule has 4 rings (SSSR count). The Balaban J connectivity index is 1.45. The molecule has 1 saturated carbocycles. The molecule has 0 saturated heterocycles. The first kappa shape index (κ1) is 21.4. The zero-order chi connectivity index (χ0) is 22.6. The Labute approximate surface area is 174 Å². The van der Waals surface area contributed by atoms with Gasteiger partial charge in [0.15, 0.2) is 5.69 Å². The molecule has 0 aromatic carbocycles. The van der Waals surface area contributed by atoms with Gasteiger partial charge in [0.05, 0.1) is 35.9 Å². The van der Waals surface area contributed by atoms with Gasteiger partial charge in [0.25, 0.3) is 0 Å². The van der Waals surface area contributed by atoms with Gasteiger partial charge in [-0.05, 0) is 25.8 Å². The first-order valence-electron chi connectivity index (χ1n) is 9.83. The molecule has 2 aromatic rings. The van der Waals surface area contributed by atoms with Gasteiger partial charge < -0.3 is 10.2 Å². The Morgan fingerprint density at radius 1 is 1.19 bits per heavy atom. The van der Waals surface area contributed by atoms with Crippen LogP contribution < -0.4 is 10.2 Å².